The highest BCUT2D eigenvalue weighted by Crippen LogP contribution is 2.18. The Kier molecular flexibility index (Phi) is 8.24. The monoisotopic (exact) mass is 266 g/mol. The second-order valence-corrected chi connectivity index (χ2v) is 5.27. The highest BCUT2D eigenvalue weighted by Gasteiger charge is 2.24. The Hall–Kier alpha value is 0.0700. The largest absolute Gasteiger partial charge is 0.342 e. The molecule has 0 aromatic rings. The summed E-state index contributed by atoms with van der Waals surface area (Å²) in [5.74, 6) is 2.04. The van der Waals surface area contributed by atoms with E-state index in [1.807, 2.05) is 18.1 Å². The van der Waals surface area contributed by atoms with Crippen molar-refractivity contribution in [1.82, 2.24) is 4.90 Å². The van der Waals surface area contributed by atoms with Crippen LogP contribution in [0.5, 0.6) is 0 Å². The first-order valence-corrected chi connectivity index (χ1v) is 7.06. The van der Waals surface area contributed by atoms with Gasteiger partial charge in [0.1, 0.15) is 0 Å². The van der Waals surface area contributed by atoms with E-state index in [4.69, 9.17) is 5.73 Å². The van der Waals surface area contributed by atoms with Gasteiger partial charge in [-0.25, -0.2) is 0 Å². The Morgan fingerprint density at radius 1 is 1.50 bits per heavy atom. The van der Waals surface area contributed by atoms with Crippen LogP contribution < -0.4 is 5.73 Å². The van der Waals surface area contributed by atoms with Crippen molar-refractivity contribution in [3.05, 3.63) is 0 Å². The topological polar surface area (TPSA) is 46.3 Å². The van der Waals surface area contributed by atoms with Crippen LogP contribution in [0.1, 0.15) is 19.8 Å². The van der Waals surface area contributed by atoms with Crippen LogP contribution in [-0.4, -0.2) is 42.4 Å². The van der Waals surface area contributed by atoms with Crippen molar-refractivity contribution < 1.29 is 4.79 Å². The predicted molar refractivity (Wildman–Crippen MR) is 73.2 cm³/mol. The van der Waals surface area contributed by atoms with E-state index in [2.05, 4.69) is 0 Å². The van der Waals surface area contributed by atoms with E-state index < -0.39 is 0 Å². The van der Waals surface area contributed by atoms with Gasteiger partial charge in [0.25, 0.3) is 0 Å². The lowest BCUT2D eigenvalue weighted by Crippen LogP contribution is -2.42. The van der Waals surface area contributed by atoms with Crippen molar-refractivity contribution in [1.29, 1.82) is 0 Å². The summed E-state index contributed by atoms with van der Waals surface area (Å²) in [6, 6.07) is 0. The third-order valence-electron chi connectivity index (χ3n) is 3.10. The molecule has 0 aromatic carbocycles. The molecule has 3 nitrogen and oxygen atoms in total. The standard InChI is InChI=1S/C11H22N2OS.ClH/c1-9(8-15-2)11(14)13-5-3-10(7-12)4-6-13;/h9-10H,3-8,12H2,1-2H3;1H. The third-order valence-corrected chi connectivity index (χ3v) is 3.93. The van der Waals surface area contributed by atoms with E-state index in [1.54, 1.807) is 11.8 Å². The lowest BCUT2D eigenvalue weighted by atomic mass is 9.96. The minimum Gasteiger partial charge on any atom is -0.342 e. The van der Waals surface area contributed by atoms with Crippen LogP contribution in [0.4, 0.5) is 0 Å². The van der Waals surface area contributed by atoms with Gasteiger partial charge in [-0.2, -0.15) is 11.8 Å². The Balaban J connectivity index is 0.00000225. The van der Waals surface area contributed by atoms with Crippen LogP contribution in [0.25, 0.3) is 0 Å². The number of carbonyl (C=O) groups excluding carboxylic acids is 1. The molecule has 1 unspecified atom stereocenters. The molecule has 1 amide bonds. The van der Waals surface area contributed by atoms with E-state index in [1.165, 1.54) is 0 Å². The number of piperidine rings is 1. The van der Waals surface area contributed by atoms with Crippen LogP contribution in [-0.2, 0) is 4.79 Å². The number of amides is 1. The van der Waals surface area contributed by atoms with Crippen molar-refractivity contribution in [2.45, 2.75) is 19.8 Å². The minimum atomic E-state index is 0. The molecule has 1 aliphatic heterocycles. The fourth-order valence-corrected chi connectivity index (χ4v) is 2.66. The van der Waals surface area contributed by atoms with E-state index in [0.29, 0.717) is 11.8 Å². The molecule has 0 aromatic heterocycles. The molecule has 5 heteroatoms. The molecule has 0 bridgehead atoms. The molecule has 1 fully saturated rings. The zero-order valence-electron chi connectivity index (χ0n) is 10.1. The zero-order valence-corrected chi connectivity index (χ0v) is 11.8. The van der Waals surface area contributed by atoms with Crippen molar-refractivity contribution in [2.75, 3.05) is 31.6 Å². The third kappa shape index (κ3) is 4.52. The van der Waals surface area contributed by atoms with E-state index in [0.717, 1.165) is 38.2 Å². The highest BCUT2D eigenvalue weighted by molar-refractivity contribution is 7.98. The number of nitrogens with zero attached hydrogens (tertiary/aromatic N) is 1. The molecule has 1 rings (SSSR count). The first kappa shape index (κ1) is 16.1. The summed E-state index contributed by atoms with van der Waals surface area (Å²) in [5, 5.41) is 0. The van der Waals surface area contributed by atoms with Gasteiger partial charge in [0.2, 0.25) is 5.91 Å². The maximum Gasteiger partial charge on any atom is 0.226 e. The Bertz CT molecular complexity index is 208. The Morgan fingerprint density at radius 3 is 2.50 bits per heavy atom. The Labute approximate surface area is 109 Å². The van der Waals surface area contributed by atoms with Crippen molar-refractivity contribution in [2.24, 2.45) is 17.6 Å². The lowest BCUT2D eigenvalue weighted by Gasteiger charge is -2.33. The molecule has 96 valence electrons. The van der Waals surface area contributed by atoms with Gasteiger partial charge in [0.05, 0.1) is 0 Å². The van der Waals surface area contributed by atoms with Crippen molar-refractivity contribution in [3.8, 4) is 0 Å². The maximum atomic E-state index is 12.0. The molecule has 0 spiro atoms. The van der Waals surface area contributed by atoms with Gasteiger partial charge in [-0.1, -0.05) is 6.92 Å². The average Bonchev–Trinajstić information content (AvgIpc) is 2.28. The fraction of sp³-hybridized carbons (Fsp3) is 0.909. The van der Waals surface area contributed by atoms with Gasteiger partial charge < -0.3 is 10.6 Å². The van der Waals surface area contributed by atoms with Gasteiger partial charge in [-0.15, -0.1) is 12.4 Å². The van der Waals surface area contributed by atoms with Crippen LogP contribution in [0.15, 0.2) is 0 Å². The fourth-order valence-electron chi connectivity index (χ4n) is 2.02. The van der Waals surface area contributed by atoms with Crippen LogP contribution >= 0.6 is 24.2 Å². The molecule has 1 heterocycles. The van der Waals surface area contributed by atoms with E-state index in [-0.39, 0.29) is 18.3 Å². The molecule has 0 aliphatic carbocycles. The molecule has 0 radical (unpaired) electrons. The molecule has 1 atom stereocenters. The first-order valence-electron chi connectivity index (χ1n) is 5.66. The Morgan fingerprint density at radius 2 is 2.06 bits per heavy atom. The molecule has 1 saturated heterocycles. The molecular formula is C11H23ClN2OS. The summed E-state index contributed by atoms with van der Waals surface area (Å²) < 4.78 is 0. The number of likely N-dealkylation sites (tertiary alicyclic amines) is 1. The van der Waals surface area contributed by atoms with Gasteiger partial charge in [-0.05, 0) is 31.6 Å². The number of hydrogen-bond donors (Lipinski definition) is 1. The molecular weight excluding hydrogens is 244 g/mol. The second-order valence-electron chi connectivity index (χ2n) is 4.36. The van der Waals surface area contributed by atoms with Gasteiger partial charge in [0, 0.05) is 24.8 Å². The van der Waals surface area contributed by atoms with Crippen molar-refractivity contribution >= 4 is 30.1 Å². The average molecular weight is 267 g/mol. The quantitative estimate of drug-likeness (QED) is 0.841. The maximum absolute atomic E-state index is 12.0. The summed E-state index contributed by atoms with van der Waals surface area (Å²) in [7, 11) is 0. The number of thioether (sulfide) groups is 1. The molecule has 0 saturated carbocycles. The van der Waals surface area contributed by atoms with Crippen LogP contribution in [0.3, 0.4) is 0 Å². The SMILES string of the molecule is CSCC(C)C(=O)N1CCC(CN)CC1.Cl. The van der Waals surface area contributed by atoms with E-state index >= 15 is 0 Å². The number of halogens is 1. The summed E-state index contributed by atoms with van der Waals surface area (Å²) in [4.78, 5) is 14.0. The van der Waals surface area contributed by atoms with Crippen LogP contribution in [0.2, 0.25) is 0 Å². The van der Waals surface area contributed by atoms with Crippen molar-refractivity contribution in [3.63, 3.8) is 0 Å². The van der Waals surface area contributed by atoms with Gasteiger partial charge >= 0.3 is 0 Å². The summed E-state index contributed by atoms with van der Waals surface area (Å²) >= 11 is 1.74. The molecule has 1 aliphatic rings. The first-order chi connectivity index (χ1) is 7.19. The zero-order chi connectivity index (χ0) is 11.3. The number of hydrogen-bond acceptors (Lipinski definition) is 3. The van der Waals surface area contributed by atoms with Gasteiger partial charge in [0.15, 0.2) is 0 Å². The minimum absolute atomic E-state index is 0. The normalized spacial score (nSPS) is 19.1. The summed E-state index contributed by atoms with van der Waals surface area (Å²) in [6.07, 6.45) is 4.20. The highest BCUT2D eigenvalue weighted by atomic mass is 35.5. The smallest absolute Gasteiger partial charge is 0.226 e. The second kappa shape index (κ2) is 8.20. The van der Waals surface area contributed by atoms with Crippen LogP contribution in [0, 0.1) is 11.8 Å². The number of rotatable bonds is 4. The number of carbonyl (C=O) groups is 1. The van der Waals surface area contributed by atoms with E-state index in [9.17, 15) is 4.79 Å². The molecule has 2 N–H and O–H groups in total. The summed E-state index contributed by atoms with van der Waals surface area (Å²) in [5.41, 5.74) is 5.63. The predicted octanol–water partition coefficient (Wildman–Crippen LogP) is 1.60. The van der Waals surface area contributed by atoms with Gasteiger partial charge in [-0.3, -0.25) is 4.79 Å². The number of nitrogens with two attached hydrogens (primary N) is 1. The molecule has 16 heavy (non-hydrogen) atoms. The lowest BCUT2D eigenvalue weighted by molar-refractivity contribution is -0.135. The summed E-state index contributed by atoms with van der Waals surface area (Å²) in [6.45, 7) is 4.59.